The third-order valence-electron chi connectivity index (χ3n) is 10.6. The standard InChI is InChI=1S/C44H54N4O4S2/c49-43(50)41(53-33-13-23-45-25-29-47(30-26-45)39(35-15-5-1-6-16-35)36-17-7-2-8-18-36)42(44(51)52)54-34-14-24-46-27-31-48(32-28-46)40(37-19-9-3-10-20-37)38-21-11-4-12-22-38/h1-12,15-22,39-42H,13-14,23-34H2,(H,49,50)(H,51,52). The molecule has 2 heterocycles. The Balaban J connectivity index is 0.913. The highest BCUT2D eigenvalue weighted by molar-refractivity contribution is 8.04. The third-order valence-corrected chi connectivity index (χ3v) is 13.5. The maximum absolute atomic E-state index is 12.3. The monoisotopic (exact) mass is 766 g/mol. The number of hydrogen-bond acceptors (Lipinski definition) is 8. The molecule has 0 amide bonds. The van der Waals surface area contributed by atoms with Crippen molar-refractivity contribution >= 4 is 35.5 Å². The van der Waals surface area contributed by atoms with Crippen molar-refractivity contribution in [3.8, 4) is 0 Å². The topological polar surface area (TPSA) is 87.6 Å². The van der Waals surface area contributed by atoms with Gasteiger partial charge in [0.25, 0.3) is 0 Å². The van der Waals surface area contributed by atoms with E-state index in [9.17, 15) is 19.8 Å². The van der Waals surface area contributed by atoms with Gasteiger partial charge < -0.3 is 20.0 Å². The largest absolute Gasteiger partial charge is 0.480 e. The number of benzene rings is 4. The molecule has 2 atom stereocenters. The lowest BCUT2D eigenvalue weighted by atomic mass is 9.96. The molecule has 54 heavy (non-hydrogen) atoms. The van der Waals surface area contributed by atoms with E-state index >= 15 is 0 Å². The van der Waals surface area contributed by atoms with Gasteiger partial charge in [-0.2, -0.15) is 0 Å². The van der Waals surface area contributed by atoms with E-state index in [1.165, 1.54) is 45.8 Å². The zero-order valence-corrected chi connectivity index (χ0v) is 32.7. The number of aliphatic carboxylic acids is 2. The fourth-order valence-corrected chi connectivity index (χ4v) is 10.3. The number of rotatable bonds is 19. The predicted molar refractivity (Wildman–Crippen MR) is 222 cm³/mol. The molecule has 4 aromatic carbocycles. The summed E-state index contributed by atoms with van der Waals surface area (Å²) < 4.78 is 0. The van der Waals surface area contributed by atoms with Crippen molar-refractivity contribution in [2.45, 2.75) is 35.4 Å². The molecule has 2 aliphatic rings. The zero-order valence-electron chi connectivity index (χ0n) is 31.1. The van der Waals surface area contributed by atoms with Crippen LogP contribution in [0, 0.1) is 0 Å². The summed E-state index contributed by atoms with van der Waals surface area (Å²) in [5.74, 6) is -0.835. The molecule has 0 saturated carbocycles. The second-order valence-corrected chi connectivity index (χ2v) is 16.7. The van der Waals surface area contributed by atoms with Crippen molar-refractivity contribution in [2.75, 3.05) is 77.0 Å². The average Bonchev–Trinajstić information content (AvgIpc) is 3.21. The first-order chi connectivity index (χ1) is 26.5. The average molecular weight is 767 g/mol. The van der Waals surface area contributed by atoms with E-state index in [-0.39, 0.29) is 12.1 Å². The second kappa shape index (κ2) is 20.9. The molecule has 0 spiro atoms. The van der Waals surface area contributed by atoms with Crippen LogP contribution in [-0.4, -0.2) is 129 Å². The number of thioether (sulfide) groups is 2. The summed E-state index contributed by atoms with van der Waals surface area (Å²) in [5.41, 5.74) is 5.20. The van der Waals surface area contributed by atoms with Crippen LogP contribution in [0.5, 0.6) is 0 Å². The van der Waals surface area contributed by atoms with E-state index < -0.39 is 22.4 Å². The van der Waals surface area contributed by atoms with Gasteiger partial charge >= 0.3 is 11.9 Å². The van der Waals surface area contributed by atoms with Crippen LogP contribution >= 0.6 is 23.5 Å². The van der Waals surface area contributed by atoms with Gasteiger partial charge in [-0.1, -0.05) is 121 Å². The molecule has 286 valence electrons. The number of carbonyl (C=O) groups is 2. The highest BCUT2D eigenvalue weighted by Crippen LogP contribution is 2.32. The van der Waals surface area contributed by atoms with Crippen LogP contribution in [0.3, 0.4) is 0 Å². The van der Waals surface area contributed by atoms with Crippen molar-refractivity contribution in [2.24, 2.45) is 0 Å². The molecule has 0 aromatic heterocycles. The smallest absolute Gasteiger partial charge is 0.318 e. The van der Waals surface area contributed by atoms with Crippen LogP contribution in [-0.2, 0) is 9.59 Å². The van der Waals surface area contributed by atoms with Crippen LogP contribution in [0.1, 0.15) is 47.2 Å². The lowest BCUT2D eigenvalue weighted by Crippen LogP contribution is -2.48. The van der Waals surface area contributed by atoms with Crippen molar-refractivity contribution < 1.29 is 19.8 Å². The molecule has 0 bridgehead atoms. The van der Waals surface area contributed by atoms with E-state index in [1.54, 1.807) is 0 Å². The van der Waals surface area contributed by atoms with Crippen LogP contribution in [0.15, 0.2) is 121 Å². The third kappa shape index (κ3) is 11.2. The summed E-state index contributed by atoms with van der Waals surface area (Å²) in [7, 11) is 0. The fourth-order valence-electron chi connectivity index (χ4n) is 7.83. The lowest BCUT2D eigenvalue weighted by Gasteiger charge is -2.40. The summed E-state index contributed by atoms with van der Waals surface area (Å²) in [4.78, 5) is 34.6. The molecule has 10 heteroatoms. The molecule has 8 nitrogen and oxygen atoms in total. The quantitative estimate of drug-likeness (QED) is 0.0979. The first-order valence-electron chi connectivity index (χ1n) is 19.3. The number of carboxylic acid groups (broad SMARTS) is 2. The lowest BCUT2D eigenvalue weighted by molar-refractivity contribution is -0.142. The highest BCUT2D eigenvalue weighted by atomic mass is 32.2. The van der Waals surface area contributed by atoms with Crippen LogP contribution in [0.25, 0.3) is 0 Å². The van der Waals surface area contributed by atoms with E-state index in [0.29, 0.717) is 11.5 Å². The Kier molecular flexibility index (Phi) is 15.5. The van der Waals surface area contributed by atoms with Gasteiger partial charge in [-0.25, -0.2) is 0 Å². The summed E-state index contributed by atoms with van der Waals surface area (Å²) >= 11 is 2.57. The number of nitrogens with zero attached hydrogens (tertiary/aromatic N) is 4. The normalized spacial score (nSPS) is 17.4. The molecule has 2 fully saturated rings. The second-order valence-electron chi connectivity index (χ2n) is 14.2. The summed E-state index contributed by atoms with van der Waals surface area (Å²) in [6.45, 7) is 9.37. The van der Waals surface area contributed by atoms with Gasteiger partial charge in [-0.15, -0.1) is 23.5 Å². The Morgan fingerprint density at radius 2 is 0.741 bits per heavy atom. The van der Waals surface area contributed by atoms with E-state index in [4.69, 9.17) is 0 Å². The van der Waals surface area contributed by atoms with Gasteiger partial charge in [-0.3, -0.25) is 19.4 Å². The summed E-state index contributed by atoms with van der Waals surface area (Å²) in [5, 5.41) is 18.2. The fraction of sp³-hybridized carbons (Fsp3) is 0.409. The Morgan fingerprint density at radius 1 is 0.463 bits per heavy atom. The molecular formula is C44H54N4O4S2. The number of piperazine rings is 2. The molecule has 6 rings (SSSR count). The summed E-state index contributed by atoms with van der Waals surface area (Å²) in [6, 6.07) is 43.2. The van der Waals surface area contributed by atoms with E-state index in [0.717, 1.165) is 78.3 Å². The van der Waals surface area contributed by atoms with Gasteiger partial charge in [0.2, 0.25) is 0 Å². The van der Waals surface area contributed by atoms with Crippen molar-refractivity contribution in [3.63, 3.8) is 0 Å². The molecule has 0 radical (unpaired) electrons. The number of hydrogen-bond donors (Lipinski definition) is 2. The van der Waals surface area contributed by atoms with Gasteiger partial charge in [0.05, 0.1) is 12.1 Å². The zero-order chi connectivity index (χ0) is 37.5. The highest BCUT2D eigenvalue weighted by Gasteiger charge is 2.35. The SMILES string of the molecule is O=C(O)C(SCCCN1CCN(C(c2ccccc2)c2ccccc2)CC1)C(SCCCN1CCN(C(c2ccccc2)c2ccccc2)CC1)C(=O)O. The van der Waals surface area contributed by atoms with Crippen molar-refractivity contribution in [1.82, 2.24) is 19.6 Å². The molecule has 2 aliphatic heterocycles. The first-order valence-corrected chi connectivity index (χ1v) is 21.4. The Hall–Kier alpha value is -3.64. The minimum absolute atomic E-state index is 0.217. The van der Waals surface area contributed by atoms with Gasteiger partial charge in [-0.05, 0) is 59.7 Å². The van der Waals surface area contributed by atoms with Crippen LogP contribution < -0.4 is 0 Å². The van der Waals surface area contributed by atoms with Gasteiger partial charge in [0, 0.05) is 52.4 Å². The van der Waals surface area contributed by atoms with Crippen molar-refractivity contribution in [1.29, 1.82) is 0 Å². The Morgan fingerprint density at radius 3 is 1.00 bits per heavy atom. The van der Waals surface area contributed by atoms with E-state index in [2.05, 4.69) is 141 Å². The minimum atomic E-state index is -1.04. The molecule has 2 N–H and O–H groups in total. The maximum atomic E-state index is 12.3. The first kappa shape index (κ1) is 40.0. The van der Waals surface area contributed by atoms with Crippen molar-refractivity contribution in [3.05, 3.63) is 144 Å². The van der Waals surface area contributed by atoms with Crippen LogP contribution in [0.4, 0.5) is 0 Å². The molecular weight excluding hydrogens is 713 g/mol. The minimum Gasteiger partial charge on any atom is -0.480 e. The van der Waals surface area contributed by atoms with E-state index in [1.807, 2.05) is 0 Å². The molecule has 2 unspecified atom stereocenters. The van der Waals surface area contributed by atoms with Crippen LogP contribution in [0.2, 0.25) is 0 Å². The molecule has 4 aromatic rings. The number of carboxylic acids is 2. The Labute approximate surface area is 329 Å². The summed E-state index contributed by atoms with van der Waals surface area (Å²) in [6.07, 6.45) is 1.65. The maximum Gasteiger partial charge on any atom is 0.318 e. The Bertz CT molecular complexity index is 1480. The molecule has 0 aliphatic carbocycles. The van der Waals surface area contributed by atoms with Gasteiger partial charge in [0.15, 0.2) is 0 Å². The predicted octanol–water partition coefficient (Wildman–Crippen LogP) is 6.95. The molecule has 2 saturated heterocycles. The van der Waals surface area contributed by atoms with Gasteiger partial charge in [0.1, 0.15) is 10.5 Å².